The van der Waals surface area contributed by atoms with E-state index in [1.165, 1.54) is 83.3 Å². The van der Waals surface area contributed by atoms with Crippen LogP contribution in [0.25, 0.3) is 0 Å². The van der Waals surface area contributed by atoms with Crippen molar-refractivity contribution in [3.63, 3.8) is 0 Å². The average Bonchev–Trinajstić information content (AvgIpc) is 2.73. The van der Waals surface area contributed by atoms with Crippen molar-refractivity contribution in [2.24, 2.45) is 11.8 Å². The Morgan fingerprint density at radius 3 is 1.79 bits per heavy atom. The molecule has 0 aromatic carbocycles. The highest BCUT2D eigenvalue weighted by atomic mass is 16.5. The largest absolute Gasteiger partial charge is 0.481 e. The van der Waals surface area contributed by atoms with Gasteiger partial charge in [-0.05, 0) is 31.8 Å². The minimum atomic E-state index is -0.873. The number of carboxylic acid groups (broad SMARTS) is 1. The molecule has 0 amide bonds. The van der Waals surface area contributed by atoms with Gasteiger partial charge < -0.3 is 9.84 Å². The first-order chi connectivity index (χ1) is 14.2. The fraction of sp³-hybridized carbons (Fsp3) is 0.840. The zero-order chi connectivity index (χ0) is 21.2. The summed E-state index contributed by atoms with van der Waals surface area (Å²) >= 11 is 0. The van der Waals surface area contributed by atoms with Crippen molar-refractivity contribution in [2.45, 2.75) is 122 Å². The van der Waals surface area contributed by atoms with Gasteiger partial charge in [-0.2, -0.15) is 0 Å². The van der Waals surface area contributed by atoms with Gasteiger partial charge in [0.05, 0.1) is 18.1 Å². The van der Waals surface area contributed by atoms with E-state index in [4.69, 9.17) is 4.74 Å². The summed E-state index contributed by atoms with van der Waals surface area (Å²) in [7, 11) is 0. The fourth-order valence-corrected chi connectivity index (χ4v) is 4.26. The summed E-state index contributed by atoms with van der Waals surface area (Å²) in [5.74, 6) is -2.31. The second-order valence-corrected chi connectivity index (χ2v) is 8.68. The molecule has 1 fully saturated rings. The van der Waals surface area contributed by atoms with E-state index in [0.717, 1.165) is 25.7 Å². The molecule has 2 atom stereocenters. The first kappa shape index (κ1) is 25.7. The van der Waals surface area contributed by atoms with Crippen molar-refractivity contribution in [1.82, 2.24) is 0 Å². The van der Waals surface area contributed by atoms with Gasteiger partial charge in [-0.15, -0.1) is 0 Å². The highest BCUT2D eigenvalue weighted by molar-refractivity contribution is 5.81. The van der Waals surface area contributed by atoms with Gasteiger partial charge in [0, 0.05) is 0 Å². The Morgan fingerprint density at radius 1 is 0.793 bits per heavy atom. The van der Waals surface area contributed by atoms with E-state index in [0.29, 0.717) is 12.8 Å². The number of carbonyl (C=O) groups is 2. The predicted molar refractivity (Wildman–Crippen MR) is 119 cm³/mol. The number of carboxylic acids is 1. The highest BCUT2D eigenvalue weighted by Crippen LogP contribution is 2.31. The molecule has 1 aliphatic carbocycles. The second-order valence-electron chi connectivity index (χ2n) is 8.68. The number of ether oxygens (including phenoxy) is 1. The maximum atomic E-state index is 12.1. The van der Waals surface area contributed by atoms with Crippen molar-refractivity contribution >= 4 is 11.9 Å². The van der Waals surface area contributed by atoms with E-state index < -0.39 is 17.8 Å². The molecule has 1 N–H and O–H groups in total. The molecule has 0 aromatic rings. The summed E-state index contributed by atoms with van der Waals surface area (Å²) in [6.07, 6.45) is 24.7. The van der Waals surface area contributed by atoms with Crippen LogP contribution in [0.4, 0.5) is 0 Å². The molecule has 2 unspecified atom stereocenters. The number of hydrogen-bond acceptors (Lipinski definition) is 3. The van der Waals surface area contributed by atoms with Crippen LogP contribution < -0.4 is 0 Å². The Hall–Kier alpha value is -1.32. The van der Waals surface area contributed by atoms with Gasteiger partial charge in [0.25, 0.3) is 0 Å². The highest BCUT2D eigenvalue weighted by Gasteiger charge is 2.36. The maximum absolute atomic E-state index is 12.1. The van der Waals surface area contributed by atoms with Crippen LogP contribution in [0.2, 0.25) is 0 Å². The molecule has 1 aliphatic rings. The van der Waals surface area contributed by atoms with Crippen LogP contribution in [0, 0.1) is 11.8 Å². The van der Waals surface area contributed by atoms with Crippen LogP contribution >= 0.6 is 0 Å². The molecule has 0 saturated heterocycles. The third kappa shape index (κ3) is 12.8. The number of unbranched alkanes of at least 4 members (excludes halogenated alkanes) is 13. The molecule has 0 radical (unpaired) electrons. The summed E-state index contributed by atoms with van der Waals surface area (Å²) in [4.78, 5) is 23.4. The van der Waals surface area contributed by atoms with Crippen molar-refractivity contribution in [3.05, 3.63) is 12.3 Å². The van der Waals surface area contributed by atoms with E-state index >= 15 is 0 Å². The molecule has 0 bridgehead atoms. The van der Waals surface area contributed by atoms with Crippen molar-refractivity contribution in [3.8, 4) is 0 Å². The predicted octanol–water partition coefficient (Wildman–Crippen LogP) is 7.42. The van der Waals surface area contributed by atoms with Crippen LogP contribution in [0.5, 0.6) is 0 Å². The summed E-state index contributed by atoms with van der Waals surface area (Å²) in [5, 5.41) is 9.24. The minimum absolute atomic E-state index is 0.376. The van der Waals surface area contributed by atoms with Gasteiger partial charge in [0.15, 0.2) is 0 Å². The smallest absolute Gasteiger partial charge is 0.314 e. The Labute approximate surface area is 178 Å². The number of allylic oxidation sites excluding steroid dienone is 1. The first-order valence-corrected chi connectivity index (χ1v) is 12.2. The quantitative estimate of drug-likeness (QED) is 0.154. The number of aliphatic carboxylic acids is 1. The third-order valence-electron chi connectivity index (χ3n) is 6.14. The van der Waals surface area contributed by atoms with Gasteiger partial charge in [0.1, 0.15) is 0 Å². The van der Waals surface area contributed by atoms with Crippen LogP contribution in [0.3, 0.4) is 0 Å². The standard InChI is InChI=1S/C25H44O4/c1-2-3-4-5-6-7-8-9-10-11-12-13-14-15-18-21-29-25(28)23-20-17-16-19-22(23)24(26)27/h18,21-23H,2-17,19-20H2,1H3,(H,26,27)/b21-18+. The molecular formula is C25H44O4. The molecule has 4 nitrogen and oxygen atoms in total. The van der Waals surface area contributed by atoms with E-state index in [1.807, 2.05) is 6.08 Å². The topological polar surface area (TPSA) is 63.6 Å². The van der Waals surface area contributed by atoms with Gasteiger partial charge in [0.2, 0.25) is 0 Å². The molecule has 1 saturated carbocycles. The first-order valence-electron chi connectivity index (χ1n) is 12.2. The Morgan fingerprint density at radius 2 is 1.28 bits per heavy atom. The Bertz CT molecular complexity index is 458. The zero-order valence-electron chi connectivity index (χ0n) is 18.7. The van der Waals surface area contributed by atoms with Gasteiger partial charge >= 0.3 is 11.9 Å². The van der Waals surface area contributed by atoms with Crippen LogP contribution in [0.1, 0.15) is 122 Å². The normalized spacial score (nSPS) is 19.5. The second kappa shape index (κ2) is 17.5. The molecule has 1 rings (SSSR count). The van der Waals surface area contributed by atoms with Gasteiger partial charge in [-0.25, -0.2) is 0 Å². The minimum Gasteiger partial charge on any atom is -0.481 e. The van der Waals surface area contributed by atoms with Crippen LogP contribution in [-0.4, -0.2) is 17.0 Å². The average molecular weight is 409 g/mol. The lowest BCUT2D eigenvalue weighted by Crippen LogP contribution is -2.33. The number of esters is 1. The molecule has 29 heavy (non-hydrogen) atoms. The van der Waals surface area contributed by atoms with E-state index in [9.17, 15) is 14.7 Å². The summed E-state index contributed by atoms with van der Waals surface area (Å²) in [6, 6.07) is 0. The molecular weight excluding hydrogens is 364 g/mol. The van der Waals surface area contributed by atoms with E-state index in [-0.39, 0.29) is 5.97 Å². The van der Waals surface area contributed by atoms with E-state index in [2.05, 4.69) is 6.92 Å². The number of rotatable bonds is 17. The number of carbonyl (C=O) groups excluding carboxylic acids is 1. The summed E-state index contributed by atoms with van der Waals surface area (Å²) in [6.45, 7) is 2.27. The summed E-state index contributed by atoms with van der Waals surface area (Å²) in [5.41, 5.74) is 0. The van der Waals surface area contributed by atoms with Crippen molar-refractivity contribution in [2.75, 3.05) is 0 Å². The maximum Gasteiger partial charge on any atom is 0.314 e. The number of hydrogen-bond donors (Lipinski definition) is 1. The lowest BCUT2D eigenvalue weighted by Gasteiger charge is -2.25. The van der Waals surface area contributed by atoms with Crippen LogP contribution in [0.15, 0.2) is 12.3 Å². The summed E-state index contributed by atoms with van der Waals surface area (Å²) < 4.78 is 5.19. The molecule has 0 spiro atoms. The lowest BCUT2D eigenvalue weighted by atomic mass is 9.79. The van der Waals surface area contributed by atoms with E-state index in [1.54, 1.807) is 0 Å². The molecule has 0 aromatic heterocycles. The van der Waals surface area contributed by atoms with Crippen LogP contribution in [-0.2, 0) is 14.3 Å². The molecule has 4 heteroatoms. The molecule has 0 aliphatic heterocycles. The SMILES string of the molecule is CCCCCCCCCCCCCCC/C=C/OC(=O)C1CCCCC1C(=O)O. The Balaban J connectivity index is 1.92. The van der Waals surface area contributed by atoms with Crippen molar-refractivity contribution < 1.29 is 19.4 Å². The van der Waals surface area contributed by atoms with Crippen molar-refractivity contribution in [1.29, 1.82) is 0 Å². The molecule has 168 valence electrons. The third-order valence-corrected chi connectivity index (χ3v) is 6.14. The zero-order valence-corrected chi connectivity index (χ0v) is 18.7. The van der Waals surface area contributed by atoms with Gasteiger partial charge in [-0.3, -0.25) is 9.59 Å². The molecule has 0 heterocycles. The monoisotopic (exact) mass is 408 g/mol. The van der Waals surface area contributed by atoms with Gasteiger partial charge in [-0.1, -0.05) is 96.8 Å². The Kier molecular flexibility index (Phi) is 15.5. The fourth-order valence-electron chi connectivity index (χ4n) is 4.26. The lowest BCUT2D eigenvalue weighted by molar-refractivity contribution is -0.156.